The first-order valence-electron chi connectivity index (χ1n) is 7.18. The maximum Gasteiger partial charge on any atom is 0.253 e. The second kappa shape index (κ2) is 5.31. The molecule has 21 heavy (non-hydrogen) atoms. The van der Waals surface area contributed by atoms with E-state index in [1.165, 1.54) is 11.3 Å². The van der Waals surface area contributed by atoms with Gasteiger partial charge in [0.25, 0.3) is 5.91 Å². The summed E-state index contributed by atoms with van der Waals surface area (Å²) in [6.07, 6.45) is 1.85. The Morgan fingerprint density at radius 1 is 1.19 bits per heavy atom. The molecule has 1 saturated heterocycles. The largest absolute Gasteiger partial charge is 0.397 e. The number of anilines is 2. The van der Waals surface area contributed by atoms with E-state index in [4.69, 9.17) is 11.5 Å². The first kappa shape index (κ1) is 14.3. The third-order valence-corrected chi connectivity index (χ3v) is 5.42. The van der Waals surface area contributed by atoms with E-state index in [2.05, 4.69) is 16.8 Å². The average Bonchev–Trinajstić information content (AvgIpc) is 3.22. The molecule has 2 aliphatic rings. The molecule has 0 spiro atoms. The molecule has 114 valence electrons. The van der Waals surface area contributed by atoms with Crippen LogP contribution in [0.4, 0.5) is 10.7 Å². The summed E-state index contributed by atoms with van der Waals surface area (Å²) in [5, 5.41) is 0.761. The molecular formula is C14H20N4O2S. The highest BCUT2D eigenvalue weighted by molar-refractivity contribution is 7.19. The molecule has 1 aromatic rings. The number of primary amides is 1. The molecule has 0 bridgehead atoms. The number of hydrogen-bond donors (Lipinski definition) is 2. The Kier molecular flexibility index (Phi) is 3.62. The normalized spacial score (nSPS) is 19.8. The van der Waals surface area contributed by atoms with Gasteiger partial charge in [-0.15, -0.1) is 11.3 Å². The Bertz CT molecular complexity index is 586. The van der Waals surface area contributed by atoms with Gasteiger partial charge in [0.15, 0.2) is 5.78 Å². The van der Waals surface area contributed by atoms with Crippen LogP contribution >= 0.6 is 11.3 Å². The number of nitrogens with zero attached hydrogens (tertiary/aromatic N) is 2. The second-order valence-electron chi connectivity index (χ2n) is 5.82. The van der Waals surface area contributed by atoms with Crippen LogP contribution in [0.1, 0.15) is 32.9 Å². The summed E-state index contributed by atoms with van der Waals surface area (Å²) < 4.78 is 0. The van der Waals surface area contributed by atoms with Gasteiger partial charge in [-0.2, -0.15) is 0 Å². The summed E-state index contributed by atoms with van der Waals surface area (Å²) in [7, 11) is 2.07. The van der Waals surface area contributed by atoms with Crippen molar-refractivity contribution in [3.63, 3.8) is 0 Å². The summed E-state index contributed by atoms with van der Waals surface area (Å²) in [5.74, 6) is -0.389. The van der Waals surface area contributed by atoms with Crippen molar-refractivity contribution in [3.8, 4) is 0 Å². The van der Waals surface area contributed by atoms with Gasteiger partial charge >= 0.3 is 0 Å². The number of rotatable bonds is 4. The van der Waals surface area contributed by atoms with Crippen molar-refractivity contribution in [2.75, 3.05) is 43.9 Å². The fraction of sp³-hybridized carbons (Fsp3) is 0.571. The Morgan fingerprint density at radius 3 is 2.33 bits per heavy atom. The predicted octanol–water partition coefficient (Wildman–Crippen LogP) is 0.774. The molecule has 0 atom stereocenters. The predicted molar refractivity (Wildman–Crippen MR) is 84.0 cm³/mol. The van der Waals surface area contributed by atoms with Crippen LogP contribution < -0.4 is 16.4 Å². The Balaban J connectivity index is 1.96. The summed E-state index contributed by atoms with van der Waals surface area (Å²) in [6.45, 7) is 3.46. The molecular weight excluding hydrogens is 288 g/mol. The fourth-order valence-electron chi connectivity index (χ4n) is 2.62. The van der Waals surface area contributed by atoms with E-state index in [1.807, 2.05) is 0 Å². The maximum atomic E-state index is 12.3. The molecule has 1 aliphatic carbocycles. The number of Topliss-reactive ketones (excluding diaryl/α,β-unsaturated/α-hetero) is 1. The quantitative estimate of drug-likeness (QED) is 0.802. The van der Waals surface area contributed by atoms with Crippen molar-refractivity contribution in [3.05, 3.63) is 10.4 Å². The third kappa shape index (κ3) is 2.63. The number of likely N-dealkylation sites (N-methyl/N-ethyl adjacent to an activating group) is 1. The van der Waals surface area contributed by atoms with Crippen molar-refractivity contribution in [2.45, 2.75) is 12.8 Å². The number of carbonyl (C=O) groups is 2. The number of thiophene rings is 1. The molecule has 0 unspecified atom stereocenters. The highest BCUT2D eigenvalue weighted by atomic mass is 32.1. The van der Waals surface area contributed by atoms with E-state index < -0.39 is 5.91 Å². The Labute approximate surface area is 127 Å². The molecule has 2 heterocycles. The highest BCUT2D eigenvalue weighted by Crippen LogP contribution is 2.43. The lowest BCUT2D eigenvalue weighted by Crippen LogP contribution is -2.44. The van der Waals surface area contributed by atoms with Crippen molar-refractivity contribution >= 4 is 33.7 Å². The van der Waals surface area contributed by atoms with Crippen LogP contribution in [0.25, 0.3) is 0 Å². The molecule has 6 nitrogen and oxygen atoms in total. The molecule has 1 saturated carbocycles. The van der Waals surface area contributed by atoms with E-state index >= 15 is 0 Å². The van der Waals surface area contributed by atoms with Gasteiger partial charge in [0.1, 0.15) is 5.00 Å². The second-order valence-corrected chi connectivity index (χ2v) is 6.82. The van der Waals surface area contributed by atoms with Gasteiger partial charge in [0.2, 0.25) is 0 Å². The van der Waals surface area contributed by atoms with E-state index in [-0.39, 0.29) is 17.4 Å². The van der Waals surface area contributed by atoms with Gasteiger partial charge in [0, 0.05) is 32.1 Å². The van der Waals surface area contributed by atoms with Gasteiger partial charge in [-0.1, -0.05) is 0 Å². The van der Waals surface area contributed by atoms with Gasteiger partial charge in [-0.05, 0) is 19.9 Å². The lowest BCUT2D eigenvalue weighted by Gasteiger charge is -2.33. The smallest absolute Gasteiger partial charge is 0.253 e. The standard InChI is InChI=1S/C14H20N4O2S/c1-17-4-6-18(7-5-17)14-9(13(16)20)10(15)12(21-14)11(19)8-2-3-8/h8H,2-7,15H2,1H3,(H2,16,20). The first-order valence-corrected chi connectivity index (χ1v) is 8.00. The van der Waals surface area contributed by atoms with Crippen molar-refractivity contribution in [1.29, 1.82) is 0 Å². The molecule has 7 heteroatoms. The fourth-order valence-corrected chi connectivity index (χ4v) is 3.91. The first-order chi connectivity index (χ1) is 9.99. The highest BCUT2D eigenvalue weighted by Gasteiger charge is 2.35. The molecule has 2 fully saturated rings. The number of carbonyl (C=O) groups excluding carboxylic acids is 2. The lowest BCUT2D eigenvalue weighted by atomic mass is 10.1. The maximum absolute atomic E-state index is 12.3. The lowest BCUT2D eigenvalue weighted by molar-refractivity contribution is 0.0972. The zero-order chi connectivity index (χ0) is 15.1. The van der Waals surface area contributed by atoms with E-state index in [9.17, 15) is 9.59 Å². The monoisotopic (exact) mass is 308 g/mol. The van der Waals surface area contributed by atoms with Crippen LogP contribution in [0.3, 0.4) is 0 Å². The van der Waals surface area contributed by atoms with Gasteiger partial charge in [0.05, 0.1) is 16.1 Å². The summed E-state index contributed by atoms with van der Waals surface area (Å²) in [4.78, 5) is 28.9. The van der Waals surface area contributed by atoms with E-state index in [0.717, 1.165) is 44.0 Å². The minimum atomic E-state index is -0.549. The minimum absolute atomic E-state index is 0.0698. The SMILES string of the molecule is CN1CCN(c2sc(C(=O)C3CC3)c(N)c2C(N)=O)CC1. The molecule has 3 rings (SSSR count). The molecule has 1 amide bonds. The minimum Gasteiger partial charge on any atom is -0.397 e. The number of amides is 1. The molecule has 0 aromatic carbocycles. The van der Waals surface area contributed by atoms with E-state index in [0.29, 0.717) is 10.4 Å². The zero-order valence-corrected chi connectivity index (χ0v) is 12.9. The van der Waals surface area contributed by atoms with Crippen LogP contribution in [0.5, 0.6) is 0 Å². The third-order valence-electron chi connectivity index (χ3n) is 4.14. The van der Waals surface area contributed by atoms with E-state index in [1.54, 1.807) is 0 Å². The van der Waals surface area contributed by atoms with Gasteiger partial charge < -0.3 is 21.3 Å². The summed E-state index contributed by atoms with van der Waals surface area (Å²) in [5.41, 5.74) is 12.2. The van der Waals surface area contributed by atoms with Crippen molar-refractivity contribution in [2.24, 2.45) is 11.7 Å². The van der Waals surface area contributed by atoms with Gasteiger partial charge in [-0.3, -0.25) is 9.59 Å². The van der Waals surface area contributed by atoms with Crippen LogP contribution in [-0.2, 0) is 0 Å². The number of nitrogens with two attached hydrogens (primary N) is 2. The van der Waals surface area contributed by atoms with Crippen LogP contribution in [0, 0.1) is 5.92 Å². The average molecular weight is 308 g/mol. The summed E-state index contributed by atoms with van der Waals surface area (Å²) >= 11 is 1.33. The van der Waals surface area contributed by atoms with Gasteiger partial charge in [-0.25, -0.2) is 0 Å². The molecule has 1 aliphatic heterocycles. The van der Waals surface area contributed by atoms with Crippen LogP contribution in [-0.4, -0.2) is 49.8 Å². The molecule has 0 radical (unpaired) electrons. The Hall–Kier alpha value is -1.60. The van der Waals surface area contributed by atoms with Crippen molar-refractivity contribution < 1.29 is 9.59 Å². The number of nitrogen functional groups attached to an aromatic ring is 1. The molecule has 4 N–H and O–H groups in total. The number of piperazine rings is 1. The van der Waals surface area contributed by atoms with Crippen LogP contribution in [0.15, 0.2) is 0 Å². The topological polar surface area (TPSA) is 92.7 Å². The number of hydrogen-bond acceptors (Lipinski definition) is 6. The van der Waals surface area contributed by atoms with Crippen molar-refractivity contribution in [1.82, 2.24) is 4.90 Å². The summed E-state index contributed by atoms with van der Waals surface area (Å²) in [6, 6.07) is 0. The zero-order valence-electron chi connectivity index (χ0n) is 12.1. The number of ketones is 1. The van der Waals surface area contributed by atoms with Crippen LogP contribution in [0.2, 0.25) is 0 Å². The molecule has 1 aromatic heterocycles. The Morgan fingerprint density at radius 2 is 1.81 bits per heavy atom.